The van der Waals surface area contributed by atoms with Gasteiger partial charge in [-0.1, -0.05) is 41.7 Å². The highest BCUT2D eigenvalue weighted by molar-refractivity contribution is 7.88. The van der Waals surface area contributed by atoms with Gasteiger partial charge in [-0.25, -0.2) is 12.7 Å². The molecule has 9 heteroatoms. The second-order valence-electron chi connectivity index (χ2n) is 6.86. The predicted molar refractivity (Wildman–Crippen MR) is 107 cm³/mol. The Morgan fingerprint density at radius 3 is 2.78 bits per heavy atom. The van der Waals surface area contributed by atoms with Crippen molar-refractivity contribution in [3.63, 3.8) is 0 Å². The largest absolute Gasteiger partial charge is 0.234 e. The average Bonchev–Trinajstić information content (AvgIpc) is 3.22. The van der Waals surface area contributed by atoms with Crippen molar-refractivity contribution >= 4 is 38.0 Å². The van der Waals surface area contributed by atoms with E-state index >= 15 is 0 Å². The molecule has 7 nitrogen and oxygen atoms in total. The first-order valence-electron chi connectivity index (χ1n) is 8.83. The monoisotopic (exact) mass is 403 g/mol. The minimum atomic E-state index is -3.20. The van der Waals surface area contributed by atoms with Crippen molar-refractivity contribution in [1.82, 2.24) is 24.1 Å². The van der Waals surface area contributed by atoms with Crippen molar-refractivity contribution in [2.45, 2.75) is 25.7 Å². The first-order chi connectivity index (χ1) is 12.9. The molecule has 0 saturated carbocycles. The van der Waals surface area contributed by atoms with Gasteiger partial charge in [0.05, 0.1) is 6.26 Å². The Morgan fingerprint density at radius 1 is 1.26 bits per heavy atom. The van der Waals surface area contributed by atoms with Gasteiger partial charge in [0.1, 0.15) is 5.01 Å². The Morgan fingerprint density at radius 2 is 2.04 bits per heavy atom. The lowest BCUT2D eigenvalue weighted by atomic mass is 9.99. The molecule has 1 aromatic carbocycles. The van der Waals surface area contributed by atoms with E-state index in [1.807, 2.05) is 25.1 Å². The second kappa shape index (κ2) is 7.14. The number of hydrogen-bond donors (Lipinski definition) is 0. The summed E-state index contributed by atoms with van der Waals surface area (Å²) in [5.41, 5.74) is 2.18. The van der Waals surface area contributed by atoms with Gasteiger partial charge in [0.25, 0.3) is 0 Å². The van der Waals surface area contributed by atoms with Gasteiger partial charge in [-0.3, -0.25) is 0 Å². The molecule has 0 aliphatic carbocycles. The number of allylic oxidation sites excluding steroid dienone is 1. The molecule has 1 atom stereocenters. The standard InChI is InChI=1S/C18H21N5O2S2/c1-13(11-14-7-4-3-5-8-14)17-21-23-16(19-20-18(23)26-17)15-9-6-10-22(12-15)27(2,24)25/h3-5,7-8,11,15H,6,9-10,12H2,1-2H3. The molecule has 27 heavy (non-hydrogen) atoms. The number of hydrogen-bond acceptors (Lipinski definition) is 6. The van der Waals surface area contributed by atoms with Crippen LogP contribution in [0, 0.1) is 0 Å². The van der Waals surface area contributed by atoms with Crippen molar-refractivity contribution in [1.29, 1.82) is 0 Å². The van der Waals surface area contributed by atoms with Crippen LogP contribution < -0.4 is 0 Å². The minimum Gasteiger partial charge on any atom is -0.213 e. The summed E-state index contributed by atoms with van der Waals surface area (Å²) < 4.78 is 27.1. The molecular formula is C18H21N5O2S2. The number of piperidine rings is 1. The van der Waals surface area contributed by atoms with E-state index < -0.39 is 10.0 Å². The number of sulfonamides is 1. The van der Waals surface area contributed by atoms with Gasteiger partial charge in [0, 0.05) is 19.0 Å². The van der Waals surface area contributed by atoms with Crippen molar-refractivity contribution in [2.75, 3.05) is 19.3 Å². The zero-order chi connectivity index (χ0) is 19.0. The fraction of sp³-hybridized carbons (Fsp3) is 0.389. The summed E-state index contributed by atoms with van der Waals surface area (Å²) >= 11 is 1.49. The molecule has 3 aromatic rings. The van der Waals surface area contributed by atoms with E-state index in [1.54, 1.807) is 4.52 Å². The molecule has 1 fully saturated rings. The van der Waals surface area contributed by atoms with Crippen LogP contribution in [0.25, 0.3) is 16.6 Å². The third-order valence-corrected chi connectivity index (χ3v) is 7.06. The van der Waals surface area contributed by atoms with Gasteiger partial charge < -0.3 is 0 Å². The molecule has 2 aromatic heterocycles. The van der Waals surface area contributed by atoms with Crippen LogP contribution in [0.3, 0.4) is 0 Å². The summed E-state index contributed by atoms with van der Waals surface area (Å²) in [6, 6.07) is 10.1. The molecule has 1 saturated heterocycles. The topological polar surface area (TPSA) is 80.5 Å². The molecule has 0 spiro atoms. The van der Waals surface area contributed by atoms with Gasteiger partial charge in [-0.2, -0.15) is 9.61 Å². The van der Waals surface area contributed by atoms with E-state index in [4.69, 9.17) is 5.10 Å². The van der Waals surface area contributed by atoms with E-state index in [0.717, 1.165) is 39.8 Å². The SMILES string of the molecule is CC(=Cc1ccccc1)c1nn2c(C3CCCN(S(C)(=O)=O)C3)nnc2s1. The Kier molecular flexibility index (Phi) is 4.83. The predicted octanol–water partition coefficient (Wildman–Crippen LogP) is 2.89. The molecule has 1 unspecified atom stereocenters. The molecular weight excluding hydrogens is 382 g/mol. The van der Waals surface area contributed by atoms with Gasteiger partial charge in [0.2, 0.25) is 15.0 Å². The molecule has 0 radical (unpaired) electrons. The van der Waals surface area contributed by atoms with Crippen molar-refractivity contribution < 1.29 is 8.42 Å². The number of benzene rings is 1. The second-order valence-corrected chi connectivity index (χ2v) is 9.80. The number of aromatic nitrogens is 4. The molecule has 142 valence electrons. The van der Waals surface area contributed by atoms with Crippen LogP contribution in [0.15, 0.2) is 30.3 Å². The summed E-state index contributed by atoms with van der Waals surface area (Å²) in [5, 5.41) is 14.2. The highest BCUT2D eigenvalue weighted by Crippen LogP contribution is 2.30. The van der Waals surface area contributed by atoms with Crippen LogP contribution in [-0.2, 0) is 10.0 Å². The van der Waals surface area contributed by atoms with Crippen LogP contribution in [0.4, 0.5) is 0 Å². The third-order valence-electron chi connectivity index (χ3n) is 4.75. The van der Waals surface area contributed by atoms with Crippen molar-refractivity contribution in [3.8, 4) is 0 Å². The summed E-state index contributed by atoms with van der Waals surface area (Å²) in [7, 11) is -3.20. The molecule has 1 aliphatic heterocycles. The zero-order valence-electron chi connectivity index (χ0n) is 15.2. The maximum Gasteiger partial charge on any atom is 0.234 e. The van der Waals surface area contributed by atoms with Gasteiger partial charge in [-0.05, 0) is 37.0 Å². The van der Waals surface area contributed by atoms with E-state index in [1.165, 1.54) is 21.9 Å². The van der Waals surface area contributed by atoms with E-state index in [2.05, 4.69) is 28.4 Å². The molecule has 3 heterocycles. The highest BCUT2D eigenvalue weighted by Gasteiger charge is 2.30. The van der Waals surface area contributed by atoms with Crippen LogP contribution in [0.2, 0.25) is 0 Å². The van der Waals surface area contributed by atoms with Crippen molar-refractivity contribution in [3.05, 3.63) is 46.7 Å². The van der Waals surface area contributed by atoms with Gasteiger partial charge in [0.15, 0.2) is 5.82 Å². The molecule has 4 rings (SSSR count). The van der Waals surface area contributed by atoms with E-state index in [-0.39, 0.29) is 5.92 Å². The maximum atomic E-state index is 11.9. The summed E-state index contributed by atoms with van der Waals surface area (Å²) in [6.07, 6.45) is 5.06. The lowest BCUT2D eigenvalue weighted by Crippen LogP contribution is -2.38. The normalized spacial score (nSPS) is 19.6. The number of nitrogens with zero attached hydrogens (tertiary/aromatic N) is 5. The summed E-state index contributed by atoms with van der Waals surface area (Å²) in [5.74, 6) is 0.755. The Balaban J connectivity index is 1.64. The molecule has 0 N–H and O–H groups in total. The summed E-state index contributed by atoms with van der Waals surface area (Å²) in [4.78, 5) is 0.734. The van der Waals surface area contributed by atoms with Crippen LogP contribution in [-0.4, -0.2) is 51.9 Å². The first-order valence-corrected chi connectivity index (χ1v) is 11.5. The van der Waals surface area contributed by atoms with Crippen LogP contribution >= 0.6 is 11.3 Å². The Bertz CT molecular complexity index is 1090. The zero-order valence-corrected chi connectivity index (χ0v) is 16.9. The lowest BCUT2D eigenvalue weighted by Gasteiger charge is -2.29. The number of fused-ring (bicyclic) bond motifs is 1. The Hall–Kier alpha value is -2.10. The van der Waals surface area contributed by atoms with E-state index in [0.29, 0.717) is 13.1 Å². The molecule has 1 aliphatic rings. The summed E-state index contributed by atoms with van der Waals surface area (Å²) in [6.45, 7) is 3.04. The van der Waals surface area contributed by atoms with Crippen LogP contribution in [0.5, 0.6) is 0 Å². The number of rotatable bonds is 4. The molecule has 0 bridgehead atoms. The lowest BCUT2D eigenvalue weighted by molar-refractivity contribution is 0.309. The quantitative estimate of drug-likeness (QED) is 0.669. The fourth-order valence-corrected chi connectivity index (χ4v) is 5.09. The van der Waals surface area contributed by atoms with Crippen molar-refractivity contribution in [2.24, 2.45) is 0 Å². The minimum absolute atomic E-state index is 0.0110. The van der Waals surface area contributed by atoms with E-state index in [9.17, 15) is 8.42 Å². The third kappa shape index (κ3) is 3.80. The average molecular weight is 404 g/mol. The van der Waals surface area contributed by atoms with Gasteiger partial charge in [-0.15, -0.1) is 10.2 Å². The van der Waals surface area contributed by atoms with Gasteiger partial charge >= 0.3 is 0 Å². The first kappa shape index (κ1) is 18.3. The van der Waals surface area contributed by atoms with Crippen LogP contribution in [0.1, 0.15) is 42.1 Å². The smallest absolute Gasteiger partial charge is 0.213 e. The molecule has 0 amide bonds. The fourth-order valence-electron chi connectivity index (χ4n) is 3.36. The Labute approximate surface area is 162 Å². The highest BCUT2D eigenvalue weighted by atomic mass is 32.2. The maximum absolute atomic E-state index is 11.9.